The Balaban J connectivity index is 2.30. The number of carbonyl (C=O) groups is 1. The van der Waals surface area contributed by atoms with Gasteiger partial charge in [-0.2, -0.15) is 0 Å². The smallest absolute Gasteiger partial charge is 0.255 e. The summed E-state index contributed by atoms with van der Waals surface area (Å²) in [6, 6.07) is 5.82. The zero-order chi connectivity index (χ0) is 15.4. The molecule has 1 aromatic rings. The molecular formula is C17H22N2O2. The predicted octanol–water partition coefficient (Wildman–Crippen LogP) is 1.55. The summed E-state index contributed by atoms with van der Waals surface area (Å²) in [7, 11) is 1.83. The van der Waals surface area contributed by atoms with E-state index in [2.05, 4.69) is 11.8 Å². The summed E-state index contributed by atoms with van der Waals surface area (Å²) in [6.07, 6.45) is 0.946. The van der Waals surface area contributed by atoms with Crippen molar-refractivity contribution in [3.05, 3.63) is 34.9 Å². The lowest BCUT2D eigenvalue weighted by atomic mass is 10.0. The molecule has 1 aliphatic rings. The molecule has 4 nitrogen and oxygen atoms in total. The van der Waals surface area contributed by atoms with Gasteiger partial charge in [-0.25, -0.2) is 0 Å². The average Bonchev–Trinajstić information content (AvgIpc) is 2.90. The minimum absolute atomic E-state index is 0.0151. The zero-order valence-corrected chi connectivity index (χ0v) is 12.8. The molecule has 1 saturated heterocycles. The second-order valence-corrected chi connectivity index (χ2v) is 5.40. The van der Waals surface area contributed by atoms with Gasteiger partial charge in [-0.15, -0.1) is 0 Å². The number of nitrogens with zero attached hydrogens (tertiary/aromatic N) is 1. The van der Waals surface area contributed by atoms with E-state index >= 15 is 0 Å². The maximum absolute atomic E-state index is 12.7. The second kappa shape index (κ2) is 6.75. The summed E-state index contributed by atoms with van der Waals surface area (Å²) in [5.74, 6) is 5.81. The fourth-order valence-corrected chi connectivity index (χ4v) is 2.66. The highest BCUT2D eigenvalue weighted by Crippen LogP contribution is 2.21. The van der Waals surface area contributed by atoms with Crippen LogP contribution in [0, 0.1) is 18.8 Å². The van der Waals surface area contributed by atoms with Gasteiger partial charge in [-0.05, 0) is 38.0 Å². The van der Waals surface area contributed by atoms with Gasteiger partial charge < -0.3 is 15.4 Å². The van der Waals surface area contributed by atoms with Gasteiger partial charge in [0.1, 0.15) is 0 Å². The van der Waals surface area contributed by atoms with Crippen molar-refractivity contribution in [1.29, 1.82) is 0 Å². The van der Waals surface area contributed by atoms with Crippen LogP contribution in [0.4, 0.5) is 0 Å². The summed E-state index contributed by atoms with van der Waals surface area (Å²) >= 11 is 0. The van der Waals surface area contributed by atoms with Gasteiger partial charge in [-0.1, -0.05) is 17.9 Å². The number of ether oxygens (including phenoxy) is 1. The van der Waals surface area contributed by atoms with Crippen molar-refractivity contribution in [2.75, 3.05) is 20.2 Å². The minimum atomic E-state index is -0.0151. The van der Waals surface area contributed by atoms with Crippen molar-refractivity contribution >= 4 is 5.91 Å². The molecule has 2 N–H and O–H groups in total. The first-order chi connectivity index (χ1) is 10.0. The Labute approximate surface area is 126 Å². The Morgan fingerprint density at radius 2 is 2.29 bits per heavy atom. The van der Waals surface area contributed by atoms with Gasteiger partial charge in [0.05, 0.1) is 24.3 Å². The maximum atomic E-state index is 12.7. The molecule has 2 rings (SSSR count). The molecule has 0 spiro atoms. The first-order valence-corrected chi connectivity index (χ1v) is 7.23. The quantitative estimate of drug-likeness (QED) is 0.839. The monoisotopic (exact) mass is 286 g/mol. The van der Waals surface area contributed by atoms with Crippen LogP contribution in [0.3, 0.4) is 0 Å². The lowest BCUT2D eigenvalue weighted by molar-refractivity contribution is 0.0574. The molecule has 0 bridgehead atoms. The highest BCUT2D eigenvalue weighted by atomic mass is 16.5. The van der Waals surface area contributed by atoms with Crippen molar-refractivity contribution in [3.63, 3.8) is 0 Å². The number of carbonyl (C=O) groups excluding carboxylic acids is 1. The molecule has 1 heterocycles. The molecule has 1 amide bonds. The summed E-state index contributed by atoms with van der Waals surface area (Å²) < 4.78 is 5.55. The van der Waals surface area contributed by atoms with E-state index in [0.29, 0.717) is 12.2 Å². The van der Waals surface area contributed by atoms with Gasteiger partial charge in [-0.3, -0.25) is 4.79 Å². The summed E-state index contributed by atoms with van der Waals surface area (Å²) in [6.45, 7) is 4.98. The van der Waals surface area contributed by atoms with Crippen LogP contribution in [0.1, 0.15) is 34.8 Å². The van der Waals surface area contributed by atoms with Gasteiger partial charge in [0.25, 0.3) is 5.91 Å². The topological polar surface area (TPSA) is 55.6 Å². The molecule has 0 saturated carbocycles. The van der Waals surface area contributed by atoms with E-state index in [0.717, 1.165) is 17.5 Å². The Hall–Kier alpha value is -1.83. The maximum Gasteiger partial charge on any atom is 0.255 e. The van der Waals surface area contributed by atoms with E-state index in [9.17, 15) is 4.79 Å². The lowest BCUT2D eigenvalue weighted by Crippen LogP contribution is -2.41. The molecule has 1 fully saturated rings. The molecule has 21 heavy (non-hydrogen) atoms. The average molecular weight is 286 g/mol. The van der Waals surface area contributed by atoms with Crippen LogP contribution in [0.5, 0.6) is 0 Å². The molecule has 0 radical (unpaired) electrons. The van der Waals surface area contributed by atoms with Gasteiger partial charge in [0, 0.05) is 19.2 Å². The summed E-state index contributed by atoms with van der Waals surface area (Å²) in [5, 5.41) is 0. The number of benzene rings is 1. The number of nitrogens with two attached hydrogens (primary N) is 1. The number of amides is 1. The van der Waals surface area contributed by atoms with Gasteiger partial charge in [0.15, 0.2) is 0 Å². The SMILES string of the molecule is Cc1ccc(C(=O)N(C)C2CCOC2C)c(C#CCN)c1. The standard InChI is InChI=1S/C17H22N2O2/c1-12-6-7-15(14(11-12)5-4-9-18)17(20)19(3)16-8-10-21-13(16)2/h6-7,11,13,16H,8-10,18H2,1-3H3. The Bertz CT molecular complexity index is 586. The number of aryl methyl sites for hydroxylation is 1. The summed E-state index contributed by atoms with van der Waals surface area (Å²) in [5.41, 5.74) is 7.88. The van der Waals surface area contributed by atoms with Crippen molar-refractivity contribution in [2.24, 2.45) is 5.73 Å². The second-order valence-electron chi connectivity index (χ2n) is 5.40. The molecule has 1 aromatic carbocycles. The number of hydrogen-bond donors (Lipinski definition) is 1. The van der Waals surface area contributed by atoms with E-state index in [1.807, 2.05) is 39.1 Å². The van der Waals surface area contributed by atoms with E-state index < -0.39 is 0 Å². The molecule has 0 aromatic heterocycles. The Morgan fingerprint density at radius 3 is 2.90 bits per heavy atom. The number of likely N-dealkylation sites (N-methyl/N-ethyl adjacent to an activating group) is 1. The first-order valence-electron chi connectivity index (χ1n) is 7.23. The summed E-state index contributed by atoms with van der Waals surface area (Å²) in [4.78, 5) is 14.5. The fourth-order valence-electron chi connectivity index (χ4n) is 2.66. The molecule has 2 unspecified atom stereocenters. The van der Waals surface area contributed by atoms with Crippen LogP contribution in [0.2, 0.25) is 0 Å². The van der Waals surface area contributed by atoms with E-state index in [-0.39, 0.29) is 24.6 Å². The zero-order valence-electron chi connectivity index (χ0n) is 12.8. The number of hydrogen-bond acceptors (Lipinski definition) is 3. The normalized spacial score (nSPS) is 20.8. The van der Waals surface area contributed by atoms with Crippen LogP contribution >= 0.6 is 0 Å². The van der Waals surface area contributed by atoms with Crippen molar-refractivity contribution in [1.82, 2.24) is 4.90 Å². The van der Waals surface area contributed by atoms with Crippen molar-refractivity contribution in [3.8, 4) is 11.8 Å². The third-order valence-corrected chi connectivity index (χ3v) is 3.88. The molecule has 4 heteroatoms. The van der Waals surface area contributed by atoms with Crippen LogP contribution in [-0.2, 0) is 4.74 Å². The Morgan fingerprint density at radius 1 is 1.52 bits per heavy atom. The minimum Gasteiger partial charge on any atom is -0.376 e. The van der Waals surface area contributed by atoms with Crippen molar-refractivity contribution < 1.29 is 9.53 Å². The fraction of sp³-hybridized carbons (Fsp3) is 0.471. The third-order valence-electron chi connectivity index (χ3n) is 3.88. The predicted molar refractivity (Wildman–Crippen MR) is 83.0 cm³/mol. The highest BCUT2D eigenvalue weighted by Gasteiger charge is 2.31. The Kier molecular flexibility index (Phi) is 5.00. The molecular weight excluding hydrogens is 264 g/mol. The van der Waals surface area contributed by atoms with Crippen LogP contribution < -0.4 is 5.73 Å². The molecule has 0 aliphatic carbocycles. The lowest BCUT2D eigenvalue weighted by Gasteiger charge is -2.27. The third kappa shape index (κ3) is 3.44. The van der Waals surface area contributed by atoms with E-state index in [4.69, 9.17) is 10.5 Å². The molecule has 112 valence electrons. The van der Waals surface area contributed by atoms with Crippen molar-refractivity contribution in [2.45, 2.75) is 32.4 Å². The number of rotatable bonds is 2. The van der Waals surface area contributed by atoms with Crippen LogP contribution in [0.15, 0.2) is 18.2 Å². The molecule has 1 aliphatic heterocycles. The van der Waals surface area contributed by atoms with Gasteiger partial charge >= 0.3 is 0 Å². The van der Waals surface area contributed by atoms with E-state index in [1.165, 1.54) is 0 Å². The highest BCUT2D eigenvalue weighted by molar-refractivity contribution is 5.97. The van der Waals surface area contributed by atoms with Crippen LogP contribution in [-0.4, -0.2) is 43.2 Å². The largest absolute Gasteiger partial charge is 0.376 e. The van der Waals surface area contributed by atoms with Crippen LogP contribution in [0.25, 0.3) is 0 Å². The first kappa shape index (κ1) is 15.6. The van der Waals surface area contributed by atoms with Gasteiger partial charge in [0.2, 0.25) is 0 Å². The van der Waals surface area contributed by atoms with E-state index in [1.54, 1.807) is 4.90 Å². The molecule has 2 atom stereocenters.